The number of carboxylic acid groups (broad SMARTS) is 1. The van der Waals surface area contributed by atoms with E-state index >= 15 is 0 Å². The first-order valence-corrected chi connectivity index (χ1v) is 7.43. The number of benzene rings is 1. The summed E-state index contributed by atoms with van der Waals surface area (Å²) < 4.78 is 0. The Hall–Kier alpha value is -2.09. The Morgan fingerprint density at radius 1 is 1.10 bits per heavy atom. The largest absolute Gasteiger partial charge is 0.481 e. The summed E-state index contributed by atoms with van der Waals surface area (Å²) >= 11 is 0. The number of carboxylic acids is 1. The molecule has 1 saturated carbocycles. The molecular formula is C19H20O2. The van der Waals surface area contributed by atoms with Gasteiger partial charge in [0.15, 0.2) is 0 Å². The van der Waals surface area contributed by atoms with Crippen LogP contribution in [0, 0.1) is 17.8 Å². The fraction of sp³-hybridized carbons (Fsp3) is 0.316. The smallest absolute Gasteiger partial charge is 0.311 e. The zero-order chi connectivity index (χ0) is 15.0. The molecule has 2 aliphatic carbocycles. The third-order valence-electron chi connectivity index (χ3n) is 4.97. The quantitative estimate of drug-likeness (QED) is 0.901. The Morgan fingerprint density at radius 2 is 1.76 bits per heavy atom. The molecule has 2 heteroatoms. The molecule has 1 fully saturated rings. The minimum atomic E-state index is -0.736. The van der Waals surface area contributed by atoms with Crippen LogP contribution >= 0.6 is 0 Å². The van der Waals surface area contributed by atoms with Gasteiger partial charge in [-0.25, -0.2) is 0 Å². The van der Waals surface area contributed by atoms with Crippen LogP contribution in [-0.2, 0) is 4.79 Å². The molecule has 0 saturated heterocycles. The minimum Gasteiger partial charge on any atom is -0.481 e. The average molecular weight is 280 g/mol. The maximum Gasteiger partial charge on any atom is 0.311 e. The van der Waals surface area contributed by atoms with Gasteiger partial charge < -0.3 is 5.11 Å². The molecule has 1 aromatic rings. The van der Waals surface area contributed by atoms with Crippen LogP contribution in [0.1, 0.15) is 24.3 Å². The number of hydrogen-bond acceptors (Lipinski definition) is 1. The number of aliphatic carboxylic acids is 1. The molecule has 1 aromatic carbocycles. The second-order valence-electron chi connectivity index (χ2n) is 6.08. The number of allylic oxidation sites excluding steroid dienone is 4. The first-order chi connectivity index (χ1) is 10.1. The van der Waals surface area contributed by atoms with Crippen molar-refractivity contribution >= 4 is 5.97 Å². The molecule has 0 heterocycles. The van der Waals surface area contributed by atoms with Gasteiger partial charge in [-0.05, 0) is 36.2 Å². The van der Waals surface area contributed by atoms with Crippen LogP contribution < -0.4 is 0 Å². The topological polar surface area (TPSA) is 37.3 Å². The molecule has 0 amide bonds. The average Bonchev–Trinajstić information content (AvgIpc) is 2.90. The zero-order valence-corrected chi connectivity index (χ0v) is 12.0. The fourth-order valence-electron chi connectivity index (χ4n) is 4.03. The van der Waals surface area contributed by atoms with Crippen molar-refractivity contribution in [2.24, 2.45) is 17.8 Å². The lowest BCUT2D eigenvalue weighted by Gasteiger charge is -2.32. The molecule has 2 aliphatic rings. The van der Waals surface area contributed by atoms with E-state index in [1.54, 1.807) is 0 Å². The van der Waals surface area contributed by atoms with Crippen molar-refractivity contribution in [2.75, 3.05) is 0 Å². The number of rotatable bonds is 3. The van der Waals surface area contributed by atoms with Gasteiger partial charge in [0.2, 0.25) is 0 Å². The molecule has 4 atom stereocenters. The Morgan fingerprint density at radius 3 is 2.43 bits per heavy atom. The zero-order valence-electron chi connectivity index (χ0n) is 12.0. The highest BCUT2D eigenvalue weighted by molar-refractivity contribution is 5.77. The van der Waals surface area contributed by atoms with Gasteiger partial charge in [-0.1, -0.05) is 66.8 Å². The summed E-state index contributed by atoms with van der Waals surface area (Å²) in [4.78, 5) is 11.9. The molecule has 0 aliphatic heterocycles. The van der Waals surface area contributed by atoms with Crippen molar-refractivity contribution < 1.29 is 9.90 Å². The molecule has 0 bridgehead atoms. The second kappa shape index (κ2) is 5.36. The molecule has 3 rings (SSSR count). The van der Waals surface area contributed by atoms with Crippen molar-refractivity contribution in [3.8, 4) is 0 Å². The number of fused-ring (bicyclic) bond motifs is 1. The maximum atomic E-state index is 11.9. The van der Waals surface area contributed by atoms with Crippen molar-refractivity contribution in [1.82, 2.24) is 0 Å². The van der Waals surface area contributed by atoms with Crippen molar-refractivity contribution in [1.29, 1.82) is 0 Å². The van der Waals surface area contributed by atoms with Gasteiger partial charge in [0.1, 0.15) is 0 Å². The summed E-state index contributed by atoms with van der Waals surface area (Å²) in [5.74, 6) is -0.525. The van der Waals surface area contributed by atoms with Crippen LogP contribution in [0.5, 0.6) is 0 Å². The van der Waals surface area contributed by atoms with E-state index in [0.29, 0.717) is 5.92 Å². The SMILES string of the molecule is C=C1C=CC(=C)C2C1CCC2C(C(=O)O)c1ccccc1. The molecule has 4 unspecified atom stereocenters. The molecule has 0 spiro atoms. The van der Waals surface area contributed by atoms with Gasteiger partial charge >= 0.3 is 5.97 Å². The van der Waals surface area contributed by atoms with E-state index in [0.717, 1.165) is 29.6 Å². The van der Waals surface area contributed by atoms with Crippen molar-refractivity contribution in [3.05, 3.63) is 72.4 Å². The van der Waals surface area contributed by atoms with E-state index in [1.807, 2.05) is 42.5 Å². The number of carbonyl (C=O) groups is 1. The van der Waals surface area contributed by atoms with E-state index in [-0.39, 0.29) is 11.8 Å². The van der Waals surface area contributed by atoms with Crippen LogP contribution in [0.3, 0.4) is 0 Å². The lowest BCUT2D eigenvalue weighted by molar-refractivity contribution is -0.140. The third kappa shape index (κ3) is 2.35. The summed E-state index contributed by atoms with van der Waals surface area (Å²) in [6.07, 6.45) is 5.96. The van der Waals surface area contributed by atoms with Crippen LogP contribution in [-0.4, -0.2) is 11.1 Å². The normalized spacial score (nSPS) is 29.2. The van der Waals surface area contributed by atoms with E-state index in [1.165, 1.54) is 0 Å². The lowest BCUT2D eigenvalue weighted by Crippen LogP contribution is -2.28. The summed E-state index contributed by atoms with van der Waals surface area (Å²) in [7, 11) is 0. The number of hydrogen-bond donors (Lipinski definition) is 1. The molecule has 1 N–H and O–H groups in total. The molecular weight excluding hydrogens is 260 g/mol. The fourth-order valence-corrected chi connectivity index (χ4v) is 4.03. The standard InChI is InChI=1S/C19H20O2/c1-12-8-9-13(2)17-15(12)10-11-16(17)18(19(20)21)14-6-4-3-5-7-14/h3-9,15-18H,1-2,10-11H2,(H,20,21). The first-order valence-electron chi connectivity index (χ1n) is 7.43. The maximum absolute atomic E-state index is 11.9. The Balaban J connectivity index is 1.98. The Labute approximate surface area is 125 Å². The van der Waals surface area contributed by atoms with Gasteiger partial charge in [-0.3, -0.25) is 4.79 Å². The van der Waals surface area contributed by atoms with Crippen molar-refractivity contribution in [3.63, 3.8) is 0 Å². The van der Waals surface area contributed by atoms with Gasteiger partial charge in [-0.2, -0.15) is 0 Å². The molecule has 108 valence electrons. The predicted octanol–water partition coefficient (Wildman–Crippen LogP) is 4.18. The molecule has 0 radical (unpaired) electrons. The monoisotopic (exact) mass is 280 g/mol. The van der Waals surface area contributed by atoms with Gasteiger partial charge in [0, 0.05) is 0 Å². The van der Waals surface area contributed by atoms with Crippen LogP contribution in [0.25, 0.3) is 0 Å². The van der Waals surface area contributed by atoms with E-state index in [4.69, 9.17) is 0 Å². The lowest BCUT2D eigenvalue weighted by atomic mass is 9.71. The van der Waals surface area contributed by atoms with Crippen LogP contribution in [0.15, 0.2) is 66.8 Å². The summed E-state index contributed by atoms with van der Waals surface area (Å²) in [5, 5.41) is 9.76. The highest BCUT2D eigenvalue weighted by Gasteiger charge is 2.45. The van der Waals surface area contributed by atoms with Crippen LogP contribution in [0.2, 0.25) is 0 Å². The summed E-state index contributed by atoms with van der Waals surface area (Å²) in [5.41, 5.74) is 3.06. The van der Waals surface area contributed by atoms with Gasteiger partial charge in [0.05, 0.1) is 5.92 Å². The highest BCUT2D eigenvalue weighted by atomic mass is 16.4. The molecule has 21 heavy (non-hydrogen) atoms. The van der Waals surface area contributed by atoms with E-state index < -0.39 is 11.9 Å². The predicted molar refractivity (Wildman–Crippen MR) is 83.9 cm³/mol. The van der Waals surface area contributed by atoms with Gasteiger partial charge in [-0.15, -0.1) is 0 Å². The highest BCUT2D eigenvalue weighted by Crippen LogP contribution is 2.52. The molecule has 0 aromatic heterocycles. The van der Waals surface area contributed by atoms with Gasteiger partial charge in [0.25, 0.3) is 0 Å². The van der Waals surface area contributed by atoms with E-state index in [2.05, 4.69) is 13.2 Å². The summed E-state index contributed by atoms with van der Waals surface area (Å²) in [6, 6.07) is 9.58. The first kappa shape index (κ1) is 13.9. The third-order valence-corrected chi connectivity index (χ3v) is 4.97. The summed E-state index contributed by atoms with van der Waals surface area (Å²) in [6.45, 7) is 8.28. The molecule has 2 nitrogen and oxygen atoms in total. The second-order valence-corrected chi connectivity index (χ2v) is 6.08. The van der Waals surface area contributed by atoms with Crippen LogP contribution in [0.4, 0.5) is 0 Å². The van der Waals surface area contributed by atoms with Crippen molar-refractivity contribution in [2.45, 2.75) is 18.8 Å². The Kier molecular flexibility index (Phi) is 3.54. The van der Waals surface area contributed by atoms with E-state index in [9.17, 15) is 9.90 Å². The minimum absolute atomic E-state index is 0.101. The Bertz CT molecular complexity index is 612.